The SMILES string of the molecule is CCn1c(C(=O)NC2CCCCC2)cc2cccc(Br)c21. The zero-order valence-electron chi connectivity index (χ0n) is 12.4. The Morgan fingerprint density at radius 1 is 1.33 bits per heavy atom. The summed E-state index contributed by atoms with van der Waals surface area (Å²) in [5.41, 5.74) is 1.87. The average molecular weight is 349 g/mol. The lowest BCUT2D eigenvalue weighted by Crippen LogP contribution is -2.37. The van der Waals surface area contributed by atoms with Crippen LogP contribution in [-0.2, 0) is 6.54 Å². The van der Waals surface area contributed by atoms with Gasteiger partial charge in [-0.25, -0.2) is 0 Å². The molecule has 0 saturated heterocycles. The molecule has 0 aliphatic heterocycles. The third-order valence-electron chi connectivity index (χ3n) is 4.36. The molecule has 1 fully saturated rings. The Hall–Kier alpha value is -1.29. The summed E-state index contributed by atoms with van der Waals surface area (Å²) in [5.74, 6) is 0.0619. The monoisotopic (exact) mass is 348 g/mol. The van der Waals surface area contributed by atoms with Gasteiger partial charge < -0.3 is 9.88 Å². The van der Waals surface area contributed by atoms with Crippen molar-refractivity contribution in [3.8, 4) is 0 Å². The normalized spacial score (nSPS) is 16.3. The molecule has 3 rings (SSSR count). The predicted octanol–water partition coefficient (Wildman–Crippen LogP) is 4.49. The molecular weight excluding hydrogens is 328 g/mol. The van der Waals surface area contributed by atoms with Crippen LogP contribution in [0.25, 0.3) is 10.9 Å². The lowest BCUT2D eigenvalue weighted by molar-refractivity contribution is 0.0919. The van der Waals surface area contributed by atoms with Gasteiger partial charge in [0.1, 0.15) is 5.69 Å². The minimum absolute atomic E-state index is 0.0619. The number of rotatable bonds is 3. The van der Waals surface area contributed by atoms with E-state index in [1.807, 2.05) is 18.2 Å². The first-order chi connectivity index (χ1) is 10.2. The fourth-order valence-electron chi connectivity index (χ4n) is 3.30. The lowest BCUT2D eigenvalue weighted by Gasteiger charge is -2.23. The van der Waals surface area contributed by atoms with Gasteiger partial charge in [0.25, 0.3) is 5.91 Å². The van der Waals surface area contributed by atoms with Crippen LogP contribution in [0.5, 0.6) is 0 Å². The van der Waals surface area contributed by atoms with Gasteiger partial charge in [0, 0.05) is 22.4 Å². The molecule has 1 aromatic heterocycles. The molecule has 1 amide bonds. The van der Waals surface area contributed by atoms with Gasteiger partial charge in [-0.15, -0.1) is 0 Å². The van der Waals surface area contributed by atoms with Crippen LogP contribution in [0.1, 0.15) is 49.5 Å². The van der Waals surface area contributed by atoms with Crippen molar-refractivity contribution in [3.63, 3.8) is 0 Å². The van der Waals surface area contributed by atoms with Gasteiger partial charge in [0.2, 0.25) is 0 Å². The number of carbonyl (C=O) groups is 1. The van der Waals surface area contributed by atoms with E-state index in [1.165, 1.54) is 19.3 Å². The van der Waals surface area contributed by atoms with Crippen molar-refractivity contribution in [1.82, 2.24) is 9.88 Å². The first-order valence-corrected chi connectivity index (χ1v) is 8.58. The van der Waals surface area contributed by atoms with Gasteiger partial charge in [0.05, 0.1) is 5.52 Å². The van der Waals surface area contributed by atoms with Crippen LogP contribution in [0.3, 0.4) is 0 Å². The van der Waals surface area contributed by atoms with Crippen LogP contribution in [0.4, 0.5) is 0 Å². The number of fused-ring (bicyclic) bond motifs is 1. The van der Waals surface area contributed by atoms with Gasteiger partial charge in [0.15, 0.2) is 0 Å². The molecule has 1 aromatic carbocycles. The molecule has 0 bridgehead atoms. The van der Waals surface area contributed by atoms with Crippen LogP contribution in [0, 0.1) is 0 Å². The van der Waals surface area contributed by atoms with E-state index < -0.39 is 0 Å². The number of nitrogens with one attached hydrogen (secondary N) is 1. The molecule has 4 heteroatoms. The molecule has 21 heavy (non-hydrogen) atoms. The van der Waals surface area contributed by atoms with Crippen molar-refractivity contribution >= 4 is 32.7 Å². The number of aromatic nitrogens is 1. The number of nitrogens with zero attached hydrogens (tertiary/aromatic N) is 1. The van der Waals surface area contributed by atoms with Crippen molar-refractivity contribution in [2.45, 2.75) is 51.6 Å². The number of halogens is 1. The molecule has 1 N–H and O–H groups in total. The number of benzene rings is 1. The third-order valence-corrected chi connectivity index (χ3v) is 5.00. The largest absolute Gasteiger partial charge is 0.348 e. The zero-order valence-corrected chi connectivity index (χ0v) is 13.9. The molecule has 0 atom stereocenters. The van der Waals surface area contributed by atoms with Crippen LogP contribution < -0.4 is 5.32 Å². The maximum atomic E-state index is 12.6. The first kappa shape index (κ1) is 14.6. The maximum absolute atomic E-state index is 12.6. The van der Waals surface area contributed by atoms with Gasteiger partial charge in [-0.05, 0) is 47.8 Å². The predicted molar refractivity (Wildman–Crippen MR) is 89.7 cm³/mol. The summed E-state index contributed by atoms with van der Waals surface area (Å²) in [6.07, 6.45) is 5.98. The fourth-order valence-corrected chi connectivity index (χ4v) is 3.90. The maximum Gasteiger partial charge on any atom is 0.268 e. The standard InChI is InChI=1S/C17H21BrN2O/c1-2-20-15(11-12-7-6-10-14(18)16(12)20)17(21)19-13-8-4-3-5-9-13/h6-7,10-11,13H,2-5,8-9H2,1H3,(H,19,21). The molecule has 3 nitrogen and oxygen atoms in total. The Kier molecular flexibility index (Phi) is 4.34. The van der Waals surface area contributed by atoms with Crippen LogP contribution >= 0.6 is 15.9 Å². The van der Waals surface area contributed by atoms with Crippen LogP contribution in [0.15, 0.2) is 28.7 Å². The summed E-state index contributed by atoms with van der Waals surface area (Å²) >= 11 is 3.60. The molecule has 0 radical (unpaired) electrons. The summed E-state index contributed by atoms with van der Waals surface area (Å²) in [4.78, 5) is 12.6. The smallest absolute Gasteiger partial charge is 0.268 e. The van der Waals surface area contributed by atoms with Crippen molar-refractivity contribution in [2.75, 3.05) is 0 Å². The quantitative estimate of drug-likeness (QED) is 0.871. The zero-order chi connectivity index (χ0) is 14.8. The highest BCUT2D eigenvalue weighted by atomic mass is 79.9. The number of para-hydroxylation sites is 1. The number of hydrogen-bond donors (Lipinski definition) is 1. The van der Waals surface area contributed by atoms with Crippen molar-refractivity contribution in [1.29, 1.82) is 0 Å². The van der Waals surface area contributed by atoms with E-state index in [0.29, 0.717) is 6.04 Å². The van der Waals surface area contributed by atoms with E-state index in [4.69, 9.17) is 0 Å². The Bertz CT molecular complexity index is 656. The summed E-state index contributed by atoms with van der Waals surface area (Å²) in [5, 5.41) is 4.33. The second-order valence-corrected chi connectivity index (χ2v) is 6.61. The second-order valence-electron chi connectivity index (χ2n) is 5.76. The number of hydrogen-bond acceptors (Lipinski definition) is 1. The highest BCUT2D eigenvalue weighted by Crippen LogP contribution is 2.28. The number of aryl methyl sites for hydroxylation is 1. The van der Waals surface area contributed by atoms with Crippen molar-refractivity contribution in [3.05, 3.63) is 34.4 Å². The molecule has 1 aliphatic carbocycles. The molecule has 1 heterocycles. The topological polar surface area (TPSA) is 34.0 Å². The minimum Gasteiger partial charge on any atom is -0.348 e. The van der Waals surface area contributed by atoms with E-state index in [-0.39, 0.29) is 5.91 Å². The van der Waals surface area contributed by atoms with E-state index in [2.05, 4.69) is 38.8 Å². The Morgan fingerprint density at radius 3 is 2.81 bits per heavy atom. The Labute approximate surface area is 133 Å². The highest BCUT2D eigenvalue weighted by Gasteiger charge is 2.20. The molecule has 0 unspecified atom stereocenters. The average Bonchev–Trinajstić information content (AvgIpc) is 2.88. The number of amides is 1. The van der Waals surface area contributed by atoms with Crippen LogP contribution in [-0.4, -0.2) is 16.5 Å². The molecule has 0 spiro atoms. The Morgan fingerprint density at radius 2 is 2.10 bits per heavy atom. The Balaban J connectivity index is 1.92. The minimum atomic E-state index is 0.0619. The molecule has 2 aromatic rings. The van der Waals surface area contributed by atoms with E-state index in [1.54, 1.807) is 0 Å². The van der Waals surface area contributed by atoms with Crippen molar-refractivity contribution in [2.24, 2.45) is 0 Å². The van der Waals surface area contributed by atoms with Gasteiger partial charge >= 0.3 is 0 Å². The second kappa shape index (κ2) is 6.22. The first-order valence-electron chi connectivity index (χ1n) is 7.79. The summed E-state index contributed by atoms with van der Waals surface area (Å²) < 4.78 is 3.14. The van der Waals surface area contributed by atoms with E-state index in [0.717, 1.165) is 40.5 Å². The summed E-state index contributed by atoms with van der Waals surface area (Å²) in [6.45, 7) is 2.87. The third kappa shape index (κ3) is 2.86. The number of carbonyl (C=O) groups excluding carboxylic acids is 1. The van der Waals surface area contributed by atoms with Gasteiger partial charge in [-0.1, -0.05) is 31.4 Å². The molecule has 112 valence electrons. The van der Waals surface area contributed by atoms with E-state index >= 15 is 0 Å². The van der Waals surface area contributed by atoms with Crippen LogP contribution in [0.2, 0.25) is 0 Å². The van der Waals surface area contributed by atoms with Gasteiger partial charge in [-0.3, -0.25) is 4.79 Å². The van der Waals surface area contributed by atoms with Crippen molar-refractivity contribution < 1.29 is 4.79 Å². The fraction of sp³-hybridized carbons (Fsp3) is 0.471. The highest BCUT2D eigenvalue weighted by molar-refractivity contribution is 9.10. The van der Waals surface area contributed by atoms with Gasteiger partial charge in [-0.2, -0.15) is 0 Å². The molecular formula is C17H21BrN2O. The lowest BCUT2D eigenvalue weighted by atomic mass is 9.95. The molecule has 1 aliphatic rings. The summed E-state index contributed by atoms with van der Waals surface area (Å²) in [6, 6.07) is 8.44. The summed E-state index contributed by atoms with van der Waals surface area (Å²) in [7, 11) is 0. The van der Waals surface area contributed by atoms with E-state index in [9.17, 15) is 4.79 Å². The molecule has 1 saturated carbocycles.